The molecule has 0 bridgehead atoms. The van der Waals surface area contributed by atoms with Gasteiger partial charge in [0.2, 0.25) is 0 Å². The Balaban J connectivity index is 1.86. The van der Waals surface area contributed by atoms with Crippen molar-refractivity contribution in [2.24, 2.45) is 0 Å². The van der Waals surface area contributed by atoms with Gasteiger partial charge >= 0.3 is 12.3 Å². The maximum Gasteiger partial charge on any atom is 0.416 e. The standard InChI is InChI=1S/C20H17Br2F3N2O3/c21-14-3-1-11(2-4-14)16-10-27(19(29)30)6-5-17(16)26-18(28)12-7-13(20(23,24)25)9-15(22)8-12/h1-4,7-9,16-17H,5-6,10H2,(H,26,28)(H,29,30)/t16-,17+/m0/s1. The van der Waals surface area contributed by atoms with Gasteiger partial charge in [0.1, 0.15) is 0 Å². The summed E-state index contributed by atoms with van der Waals surface area (Å²) >= 11 is 6.37. The third kappa shape index (κ3) is 5.34. The molecule has 1 aliphatic heterocycles. The van der Waals surface area contributed by atoms with Crippen LogP contribution in [0.15, 0.2) is 51.4 Å². The Hall–Kier alpha value is -2.07. The van der Waals surface area contributed by atoms with Gasteiger partial charge in [-0.3, -0.25) is 4.79 Å². The summed E-state index contributed by atoms with van der Waals surface area (Å²) in [5.74, 6) is -0.973. The number of halogens is 5. The van der Waals surface area contributed by atoms with Crippen molar-refractivity contribution < 1.29 is 27.9 Å². The first kappa shape index (κ1) is 22.6. The minimum Gasteiger partial charge on any atom is -0.465 e. The van der Waals surface area contributed by atoms with Crippen LogP contribution in [-0.4, -0.2) is 41.1 Å². The van der Waals surface area contributed by atoms with E-state index in [0.29, 0.717) is 6.42 Å². The van der Waals surface area contributed by atoms with Crippen molar-refractivity contribution in [2.75, 3.05) is 13.1 Å². The lowest BCUT2D eigenvalue weighted by Gasteiger charge is -2.38. The zero-order valence-corrected chi connectivity index (χ0v) is 18.6. The smallest absolute Gasteiger partial charge is 0.416 e. The lowest BCUT2D eigenvalue weighted by Crippen LogP contribution is -2.51. The van der Waals surface area contributed by atoms with E-state index in [1.807, 2.05) is 24.3 Å². The molecule has 10 heteroatoms. The molecule has 1 aliphatic rings. The molecule has 1 heterocycles. The Labute approximate surface area is 187 Å². The molecule has 0 radical (unpaired) electrons. The molecule has 5 nitrogen and oxygen atoms in total. The average Bonchev–Trinajstić information content (AvgIpc) is 2.67. The molecule has 0 spiro atoms. The van der Waals surface area contributed by atoms with E-state index in [2.05, 4.69) is 37.2 Å². The van der Waals surface area contributed by atoms with Crippen LogP contribution in [0, 0.1) is 0 Å². The summed E-state index contributed by atoms with van der Waals surface area (Å²) in [6.45, 7) is 0.397. The summed E-state index contributed by atoms with van der Waals surface area (Å²) in [5, 5.41) is 12.2. The van der Waals surface area contributed by atoms with Crippen LogP contribution in [0.5, 0.6) is 0 Å². The van der Waals surface area contributed by atoms with Gasteiger partial charge in [0, 0.05) is 39.6 Å². The first-order valence-electron chi connectivity index (χ1n) is 8.96. The summed E-state index contributed by atoms with van der Waals surface area (Å²) in [4.78, 5) is 25.5. The summed E-state index contributed by atoms with van der Waals surface area (Å²) in [5.41, 5.74) is -0.209. The molecule has 2 aromatic carbocycles. The van der Waals surface area contributed by atoms with E-state index in [-0.39, 0.29) is 29.0 Å². The topological polar surface area (TPSA) is 69.6 Å². The number of alkyl halides is 3. The monoisotopic (exact) mass is 548 g/mol. The number of rotatable bonds is 3. The molecule has 0 unspecified atom stereocenters. The molecule has 2 amide bonds. The number of likely N-dealkylation sites (tertiary alicyclic amines) is 1. The van der Waals surface area contributed by atoms with E-state index in [4.69, 9.17) is 0 Å². The second-order valence-corrected chi connectivity index (χ2v) is 8.81. The predicted molar refractivity (Wildman–Crippen MR) is 111 cm³/mol. The van der Waals surface area contributed by atoms with Crippen LogP contribution in [0.2, 0.25) is 0 Å². The quantitative estimate of drug-likeness (QED) is 0.531. The number of hydrogen-bond donors (Lipinski definition) is 2. The van der Waals surface area contributed by atoms with Crippen molar-refractivity contribution in [2.45, 2.75) is 24.6 Å². The number of carbonyl (C=O) groups excluding carboxylic acids is 1. The number of carboxylic acid groups (broad SMARTS) is 1. The van der Waals surface area contributed by atoms with Gasteiger partial charge in [-0.25, -0.2) is 4.79 Å². The number of amides is 2. The molecule has 0 aliphatic carbocycles. The van der Waals surface area contributed by atoms with Crippen molar-refractivity contribution in [3.63, 3.8) is 0 Å². The Morgan fingerprint density at radius 1 is 1.07 bits per heavy atom. The zero-order valence-electron chi connectivity index (χ0n) is 15.4. The number of piperidine rings is 1. The van der Waals surface area contributed by atoms with Crippen molar-refractivity contribution in [3.05, 3.63) is 68.1 Å². The average molecular weight is 550 g/mol. The molecule has 3 rings (SSSR count). The highest BCUT2D eigenvalue weighted by atomic mass is 79.9. The summed E-state index contributed by atoms with van der Waals surface area (Å²) in [7, 11) is 0. The Morgan fingerprint density at radius 3 is 2.33 bits per heavy atom. The fourth-order valence-corrected chi connectivity index (χ4v) is 4.24. The molecule has 2 aromatic rings. The number of benzene rings is 2. The Bertz CT molecular complexity index is 951. The van der Waals surface area contributed by atoms with E-state index >= 15 is 0 Å². The van der Waals surface area contributed by atoms with Crippen molar-refractivity contribution in [1.82, 2.24) is 10.2 Å². The molecule has 2 N–H and O–H groups in total. The first-order valence-corrected chi connectivity index (χ1v) is 10.5. The van der Waals surface area contributed by atoms with Crippen LogP contribution in [0.3, 0.4) is 0 Å². The fourth-order valence-electron chi connectivity index (χ4n) is 3.48. The van der Waals surface area contributed by atoms with Gasteiger partial charge in [-0.15, -0.1) is 0 Å². The zero-order chi connectivity index (χ0) is 22.1. The maximum atomic E-state index is 13.1. The summed E-state index contributed by atoms with van der Waals surface area (Å²) in [6, 6.07) is 9.91. The van der Waals surface area contributed by atoms with Crippen LogP contribution in [0.4, 0.5) is 18.0 Å². The molecule has 2 atom stereocenters. The van der Waals surface area contributed by atoms with E-state index in [1.165, 1.54) is 11.0 Å². The third-order valence-corrected chi connectivity index (χ3v) is 5.97. The highest BCUT2D eigenvalue weighted by molar-refractivity contribution is 9.10. The SMILES string of the molecule is O=C(N[C@@H]1CCN(C(=O)O)C[C@H]1c1ccc(Br)cc1)c1cc(Br)cc(C(F)(F)F)c1. The number of carbonyl (C=O) groups is 2. The largest absolute Gasteiger partial charge is 0.465 e. The Morgan fingerprint density at radius 2 is 1.73 bits per heavy atom. The van der Waals surface area contributed by atoms with Gasteiger partial charge in [0.05, 0.1) is 5.56 Å². The minimum atomic E-state index is -4.58. The van der Waals surface area contributed by atoms with Crippen LogP contribution in [-0.2, 0) is 6.18 Å². The predicted octanol–water partition coefficient (Wildman–Crippen LogP) is 5.50. The lowest BCUT2D eigenvalue weighted by atomic mass is 9.86. The molecule has 30 heavy (non-hydrogen) atoms. The summed E-state index contributed by atoms with van der Waals surface area (Å²) < 4.78 is 40.3. The van der Waals surface area contributed by atoms with Crippen LogP contribution < -0.4 is 5.32 Å². The highest BCUT2D eigenvalue weighted by Gasteiger charge is 2.35. The van der Waals surface area contributed by atoms with E-state index in [9.17, 15) is 27.9 Å². The molecule has 1 saturated heterocycles. The van der Waals surface area contributed by atoms with Gasteiger partial charge in [0.25, 0.3) is 5.91 Å². The maximum absolute atomic E-state index is 13.1. The Kier molecular flexibility index (Phi) is 6.76. The highest BCUT2D eigenvalue weighted by Crippen LogP contribution is 2.33. The normalized spacial score (nSPS) is 19.4. The van der Waals surface area contributed by atoms with Gasteiger partial charge in [-0.2, -0.15) is 13.2 Å². The number of nitrogens with one attached hydrogen (secondary N) is 1. The van der Waals surface area contributed by atoms with Crippen molar-refractivity contribution >= 4 is 43.9 Å². The second-order valence-electron chi connectivity index (χ2n) is 6.98. The van der Waals surface area contributed by atoms with Gasteiger partial charge in [-0.05, 0) is 42.3 Å². The first-order chi connectivity index (χ1) is 14.0. The molecule has 0 saturated carbocycles. The van der Waals surface area contributed by atoms with E-state index in [1.54, 1.807) is 0 Å². The molecule has 0 aromatic heterocycles. The minimum absolute atomic E-state index is 0.119. The van der Waals surface area contributed by atoms with E-state index < -0.39 is 29.8 Å². The van der Waals surface area contributed by atoms with E-state index in [0.717, 1.165) is 22.2 Å². The van der Waals surface area contributed by atoms with Crippen LogP contribution in [0.1, 0.15) is 33.8 Å². The third-order valence-electron chi connectivity index (χ3n) is 4.99. The van der Waals surface area contributed by atoms with Crippen molar-refractivity contribution in [1.29, 1.82) is 0 Å². The molecule has 1 fully saturated rings. The fraction of sp³-hybridized carbons (Fsp3) is 0.300. The van der Waals surface area contributed by atoms with Crippen molar-refractivity contribution in [3.8, 4) is 0 Å². The molecule has 160 valence electrons. The number of nitrogens with zero attached hydrogens (tertiary/aromatic N) is 1. The van der Waals surface area contributed by atoms with Gasteiger partial charge in [-0.1, -0.05) is 44.0 Å². The van der Waals surface area contributed by atoms with Crippen LogP contribution >= 0.6 is 31.9 Å². The summed E-state index contributed by atoms with van der Waals surface area (Å²) in [6.07, 6.45) is -5.28. The van der Waals surface area contributed by atoms with Gasteiger partial charge in [0.15, 0.2) is 0 Å². The molecular weight excluding hydrogens is 533 g/mol. The lowest BCUT2D eigenvalue weighted by molar-refractivity contribution is -0.137. The van der Waals surface area contributed by atoms with Crippen LogP contribution in [0.25, 0.3) is 0 Å². The number of hydrogen-bond acceptors (Lipinski definition) is 2. The second kappa shape index (κ2) is 8.97. The molecular formula is C20H17Br2F3N2O3. The van der Waals surface area contributed by atoms with Gasteiger partial charge < -0.3 is 15.3 Å².